The molecule has 5 heteroatoms. The zero-order valence-corrected chi connectivity index (χ0v) is 13.2. The van der Waals surface area contributed by atoms with Gasteiger partial charge in [0.2, 0.25) is 0 Å². The van der Waals surface area contributed by atoms with Crippen LogP contribution in [-0.4, -0.2) is 21.3 Å². The van der Waals surface area contributed by atoms with Crippen LogP contribution in [0.25, 0.3) is 0 Å². The van der Waals surface area contributed by atoms with E-state index in [0.717, 1.165) is 27.8 Å². The molecule has 20 heavy (non-hydrogen) atoms. The molecule has 2 unspecified atom stereocenters. The molecule has 2 rings (SSSR count). The third-order valence-corrected chi connectivity index (χ3v) is 5.18. The fourth-order valence-electron chi connectivity index (χ4n) is 2.91. The average molecular weight is 293 g/mol. The quantitative estimate of drug-likeness (QED) is 0.387. The maximum absolute atomic E-state index is 8.98. The van der Waals surface area contributed by atoms with Gasteiger partial charge in [0.1, 0.15) is 0 Å². The first-order valence-electron chi connectivity index (χ1n) is 7.14. The van der Waals surface area contributed by atoms with Gasteiger partial charge in [0.05, 0.1) is 5.56 Å². The maximum atomic E-state index is 8.98. The van der Waals surface area contributed by atoms with E-state index in [9.17, 15) is 0 Å². The van der Waals surface area contributed by atoms with E-state index in [1.807, 2.05) is 31.7 Å². The van der Waals surface area contributed by atoms with Crippen LogP contribution in [0.5, 0.6) is 0 Å². The lowest BCUT2D eigenvalue weighted by Gasteiger charge is -2.27. The highest BCUT2D eigenvalue weighted by Gasteiger charge is 2.22. The maximum Gasteiger partial charge on any atom is 0.173 e. The minimum Gasteiger partial charge on any atom is -0.409 e. The molecule has 0 aliphatic heterocycles. The number of nitrogens with zero attached hydrogens (tertiary/aromatic N) is 2. The van der Waals surface area contributed by atoms with Crippen molar-refractivity contribution in [3.8, 4) is 0 Å². The molecule has 0 spiro atoms. The molecule has 2 atom stereocenters. The van der Waals surface area contributed by atoms with Gasteiger partial charge < -0.3 is 10.9 Å². The van der Waals surface area contributed by atoms with Gasteiger partial charge in [-0.1, -0.05) is 24.9 Å². The van der Waals surface area contributed by atoms with Crippen molar-refractivity contribution >= 4 is 17.6 Å². The Morgan fingerprint density at radius 3 is 2.85 bits per heavy atom. The van der Waals surface area contributed by atoms with Gasteiger partial charge in [0, 0.05) is 21.5 Å². The minimum absolute atomic E-state index is 0.154. The summed E-state index contributed by atoms with van der Waals surface area (Å²) in [7, 11) is 0. The Kier molecular flexibility index (Phi) is 4.91. The first-order chi connectivity index (χ1) is 9.51. The third kappa shape index (κ3) is 3.45. The van der Waals surface area contributed by atoms with Crippen molar-refractivity contribution < 1.29 is 5.21 Å². The van der Waals surface area contributed by atoms with Crippen LogP contribution in [0.15, 0.2) is 16.1 Å². The largest absolute Gasteiger partial charge is 0.409 e. The SMILES string of the molecule is Cc1cc(SC2CCCC(C)C2)c(/C(N)=N/O)c(C)n1. The Hall–Kier alpha value is -1.23. The van der Waals surface area contributed by atoms with Gasteiger partial charge in [-0.05, 0) is 38.7 Å². The predicted octanol–water partition coefficient (Wildman–Crippen LogP) is 3.46. The summed E-state index contributed by atoms with van der Waals surface area (Å²) in [4.78, 5) is 5.51. The van der Waals surface area contributed by atoms with Gasteiger partial charge in [-0.15, -0.1) is 11.8 Å². The summed E-state index contributed by atoms with van der Waals surface area (Å²) < 4.78 is 0. The number of thioether (sulfide) groups is 1. The van der Waals surface area contributed by atoms with Crippen molar-refractivity contribution in [1.29, 1.82) is 0 Å². The Morgan fingerprint density at radius 1 is 1.45 bits per heavy atom. The highest BCUT2D eigenvalue weighted by atomic mass is 32.2. The number of aryl methyl sites for hydroxylation is 2. The fraction of sp³-hybridized carbons (Fsp3) is 0.600. The van der Waals surface area contributed by atoms with Crippen LogP contribution in [0.1, 0.15) is 49.6 Å². The highest BCUT2D eigenvalue weighted by Crippen LogP contribution is 2.38. The lowest BCUT2D eigenvalue weighted by atomic mass is 9.91. The minimum atomic E-state index is 0.154. The van der Waals surface area contributed by atoms with Crippen LogP contribution in [0.3, 0.4) is 0 Å². The molecule has 0 saturated heterocycles. The van der Waals surface area contributed by atoms with E-state index in [4.69, 9.17) is 10.9 Å². The predicted molar refractivity (Wildman–Crippen MR) is 83.5 cm³/mol. The van der Waals surface area contributed by atoms with Crippen molar-refractivity contribution in [2.75, 3.05) is 0 Å². The molecule has 1 saturated carbocycles. The van der Waals surface area contributed by atoms with Crippen molar-refractivity contribution in [3.63, 3.8) is 0 Å². The van der Waals surface area contributed by atoms with Crippen molar-refractivity contribution in [3.05, 3.63) is 23.0 Å². The molecular formula is C15H23N3OS. The van der Waals surface area contributed by atoms with E-state index < -0.39 is 0 Å². The van der Waals surface area contributed by atoms with Gasteiger partial charge >= 0.3 is 0 Å². The van der Waals surface area contributed by atoms with Gasteiger partial charge in [-0.3, -0.25) is 4.98 Å². The molecule has 4 nitrogen and oxygen atoms in total. The Balaban J connectivity index is 2.30. The van der Waals surface area contributed by atoms with E-state index >= 15 is 0 Å². The summed E-state index contributed by atoms with van der Waals surface area (Å²) >= 11 is 1.85. The van der Waals surface area contributed by atoms with E-state index in [1.54, 1.807) is 0 Å². The summed E-state index contributed by atoms with van der Waals surface area (Å²) in [5.41, 5.74) is 8.41. The summed E-state index contributed by atoms with van der Waals surface area (Å²) in [5.74, 6) is 0.943. The highest BCUT2D eigenvalue weighted by molar-refractivity contribution is 8.00. The fourth-order valence-corrected chi connectivity index (χ4v) is 4.59. The molecule has 1 aliphatic carbocycles. The summed E-state index contributed by atoms with van der Waals surface area (Å²) in [6.07, 6.45) is 5.10. The molecule has 1 fully saturated rings. The summed E-state index contributed by atoms with van der Waals surface area (Å²) in [6, 6.07) is 2.05. The molecule has 1 aromatic rings. The number of hydrogen-bond donors (Lipinski definition) is 2. The molecule has 0 aromatic carbocycles. The number of hydrogen-bond acceptors (Lipinski definition) is 4. The molecule has 0 radical (unpaired) electrons. The zero-order valence-electron chi connectivity index (χ0n) is 12.4. The van der Waals surface area contributed by atoms with Crippen LogP contribution >= 0.6 is 11.8 Å². The first kappa shape index (κ1) is 15.2. The summed E-state index contributed by atoms with van der Waals surface area (Å²) in [6.45, 7) is 6.21. The number of pyridine rings is 1. The van der Waals surface area contributed by atoms with E-state index in [2.05, 4.69) is 17.1 Å². The molecular weight excluding hydrogens is 270 g/mol. The standard InChI is InChI=1S/C15H23N3OS/c1-9-5-4-6-12(7-9)20-13-8-10(2)17-11(3)14(13)15(16)18-19/h8-9,12,19H,4-7H2,1-3H3,(H2,16,18). The third-order valence-electron chi connectivity index (χ3n) is 3.84. The molecule has 1 heterocycles. The topological polar surface area (TPSA) is 71.5 Å². The van der Waals surface area contributed by atoms with Crippen molar-refractivity contribution in [2.24, 2.45) is 16.8 Å². The summed E-state index contributed by atoms with van der Waals surface area (Å²) in [5, 5.41) is 12.8. The Bertz CT molecular complexity index is 516. The number of aromatic nitrogens is 1. The number of amidine groups is 1. The number of oxime groups is 1. The normalized spacial score (nSPS) is 23.9. The lowest BCUT2D eigenvalue weighted by molar-refractivity contribution is 0.318. The van der Waals surface area contributed by atoms with E-state index in [0.29, 0.717) is 5.25 Å². The molecule has 110 valence electrons. The van der Waals surface area contributed by atoms with Crippen LogP contribution in [0.2, 0.25) is 0 Å². The number of nitrogens with two attached hydrogens (primary N) is 1. The average Bonchev–Trinajstić information content (AvgIpc) is 2.37. The Labute approximate surface area is 124 Å². The van der Waals surface area contributed by atoms with Crippen molar-refractivity contribution in [1.82, 2.24) is 4.98 Å². The zero-order chi connectivity index (χ0) is 14.7. The van der Waals surface area contributed by atoms with E-state index in [-0.39, 0.29) is 5.84 Å². The van der Waals surface area contributed by atoms with Crippen molar-refractivity contribution in [2.45, 2.75) is 56.6 Å². The molecule has 0 bridgehead atoms. The molecule has 1 aliphatic rings. The van der Waals surface area contributed by atoms with Crippen LogP contribution in [-0.2, 0) is 0 Å². The second-order valence-corrected chi connectivity index (χ2v) is 7.06. The van der Waals surface area contributed by atoms with Gasteiger partial charge in [-0.25, -0.2) is 0 Å². The second-order valence-electron chi connectivity index (χ2n) is 5.72. The molecule has 0 amide bonds. The van der Waals surface area contributed by atoms with Crippen LogP contribution in [0, 0.1) is 19.8 Å². The van der Waals surface area contributed by atoms with Crippen LogP contribution in [0.4, 0.5) is 0 Å². The number of rotatable bonds is 3. The molecule has 1 aromatic heterocycles. The van der Waals surface area contributed by atoms with Gasteiger partial charge in [0.25, 0.3) is 0 Å². The van der Waals surface area contributed by atoms with Gasteiger partial charge in [-0.2, -0.15) is 0 Å². The monoisotopic (exact) mass is 293 g/mol. The van der Waals surface area contributed by atoms with Gasteiger partial charge in [0.15, 0.2) is 5.84 Å². The van der Waals surface area contributed by atoms with Crippen LogP contribution < -0.4 is 5.73 Å². The Morgan fingerprint density at radius 2 is 2.20 bits per heavy atom. The lowest BCUT2D eigenvalue weighted by Crippen LogP contribution is -2.19. The first-order valence-corrected chi connectivity index (χ1v) is 8.02. The smallest absolute Gasteiger partial charge is 0.173 e. The molecule has 3 N–H and O–H groups in total. The van der Waals surface area contributed by atoms with E-state index in [1.165, 1.54) is 25.7 Å². The second kappa shape index (κ2) is 6.48.